The summed E-state index contributed by atoms with van der Waals surface area (Å²) >= 11 is 1.19. The minimum Gasteiger partial charge on any atom is -0.496 e. The van der Waals surface area contributed by atoms with E-state index in [4.69, 9.17) is 4.74 Å². The van der Waals surface area contributed by atoms with E-state index in [0.29, 0.717) is 23.3 Å². The lowest BCUT2D eigenvalue weighted by atomic mass is 10.1. The summed E-state index contributed by atoms with van der Waals surface area (Å²) in [7, 11) is -0.130. The molecule has 3 N–H and O–H groups in total. The molecule has 0 fully saturated rings. The standard InChI is InChI=1S/C17H24N4O3S2.HI/c1-13-6-7-14(15(11-13)24-3)12-20-17(18-2)19-8-9-21-26(22,23)16-5-4-10-25-16;/h4-7,10-11,21H,8-9,12H2,1-3H3,(H2,18,19,20);1H. The number of sulfonamides is 1. The predicted molar refractivity (Wildman–Crippen MR) is 121 cm³/mol. The normalized spacial score (nSPS) is 11.6. The number of aliphatic imine (C=N–C) groups is 1. The number of hydrogen-bond donors (Lipinski definition) is 3. The Morgan fingerprint density at radius 1 is 1.22 bits per heavy atom. The molecule has 0 spiro atoms. The maximum absolute atomic E-state index is 12.0. The maximum Gasteiger partial charge on any atom is 0.250 e. The molecule has 0 bridgehead atoms. The van der Waals surface area contributed by atoms with Crippen molar-refractivity contribution in [1.82, 2.24) is 15.4 Å². The summed E-state index contributed by atoms with van der Waals surface area (Å²) in [6.45, 7) is 3.23. The van der Waals surface area contributed by atoms with Crippen molar-refractivity contribution in [3.63, 3.8) is 0 Å². The first-order chi connectivity index (χ1) is 12.5. The van der Waals surface area contributed by atoms with E-state index in [2.05, 4.69) is 20.3 Å². The fourth-order valence-corrected chi connectivity index (χ4v) is 4.32. The SMILES string of the molecule is CN=C(NCCNS(=O)(=O)c1cccs1)NCc1ccc(C)cc1OC.I. The molecule has 7 nitrogen and oxygen atoms in total. The fraction of sp³-hybridized carbons (Fsp3) is 0.353. The number of benzene rings is 1. The van der Waals surface area contributed by atoms with Crippen molar-refractivity contribution in [1.29, 1.82) is 0 Å². The van der Waals surface area contributed by atoms with Gasteiger partial charge in [0.15, 0.2) is 5.96 Å². The molecular formula is C17H25IN4O3S2. The van der Waals surface area contributed by atoms with Crippen molar-refractivity contribution in [2.75, 3.05) is 27.2 Å². The monoisotopic (exact) mass is 524 g/mol. The van der Waals surface area contributed by atoms with E-state index in [1.54, 1.807) is 31.7 Å². The number of hydrogen-bond acceptors (Lipinski definition) is 5. The highest BCUT2D eigenvalue weighted by Gasteiger charge is 2.13. The smallest absolute Gasteiger partial charge is 0.250 e. The lowest BCUT2D eigenvalue weighted by Gasteiger charge is -2.14. The summed E-state index contributed by atoms with van der Waals surface area (Å²) < 4.78 is 32.3. The molecule has 0 saturated carbocycles. The van der Waals surface area contributed by atoms with Gasteiger partial charge in [-0.05, 0) is 30.0 Å². The van der Waals surface area contributed by atoms with E-state index >= 15 is 0 Å². The largest absolute Gasteiger partial charge is 0.496 e. The Morgan fingerprint density at radius 2 is 2.00 bits per heavy atom. The highest BCUT2D eigenvalue weighted by molar-refractivity contribution is 14.0. The number of halogens is 1. The van der Waals surface area contributed by atoms with Gasteiger partial charge in [0.1, 0.15) is 9.96 Å². The van der Waals surface area contributed by atoms with Crippen LogP contribution < -0.4 is 20.1 Å². The molecule has 27 heavy (non-hydrogen) atoms. The quantitative estimate of drug-likeness (QED) is 0.214. The molecule has 0 amide bonds. The second-order valence-corrected chi connectivity index (χ2v) is 8.44. The average molecular weight is 524 g/mol. The Labute approximate surface area is 181 Å². The van der Waals surface area contributed by atoms with Crippen LogP contribution in [-0.4, -0.2) is 41.6 Å². The van der Waals surface area contributed by atoms with Gasteiger partial charge in [-0.1, -0.05) is 18.2 Å². The van der Waals surface area contributed by atoms with Gasteiger partial charge in [0.05, 0.1) is 7.11 Å². The number of methoxy groups -OCH3 is 1. The van der Waals surface area contributed by atoms with Gasteiger partial charge in [0, 0.05) is 32.2 Å². The second kappa shape index (κ2) is 11.5. The molecule has 2 rings (SSSR count). The van der Waals surface area contributed by atoms with Crippen molar-refractivity contribution in [2.45, 2.75) is 17.7 Å². The van der Waals surface area contributed by atoms with Gasteiger partial charge in [-0.15, -0.1) is 35.3 Å². The number of aryl methyl sites for hydroxylation is 1. The van der Waals surface area contributed by atoms with Crippen LogP contribution in [0.1, 0.15) is 11.1 Å². The van der Waals surface area contributed by atoms with Crippen LogP contribution in [0.3, 0.4) is 0 Å². The van der Waals surface area contributed by atoms with Gasteiger partial charge in [0.25, 0.3) is 0 Å². The van der Waals surface area contributed by atoms with Gasteiger partial charge < -0.3 is 15.4 Å². The van der Waals surface area contributed by atoms with Crippen molar-refractivity contribution in [3.8, 4) is 5.75 Å². The molecule has 0 aliphatic rings. The molecule has 0 aliphatic heterocycles. The lowest BCUT2D eigenvalue weighted by molar-refractivity contribution is 0.408. The number of thiophene rings is 1. The van der Waals surface area contributed by atoms with E-state index in [1.165, 1.54) is 11.3 Å². The van der Waals surface area contributed by atoms with Crippen LogP contribution in [-0.2, 0) is 16.6 Å². The third-order valence-electron chi connectivity index (χ3n) is 3.58. The minimum absolute atomic E-state index is 0. The Balaban J connectivity index is 0.00000364. The van der Waals surface area contributed by atoms with Gasteiger partial charge in [-0.25, -0.2) is 13.1 Å². The van der Waals surface area contributed by atoms with E-state index in [0.717, 1.165) is 16.9 Å². The van der Waals surface area contributed by atoms with Crippen LogP contribution >= 0.6 is 35.3 Å². The van der Waals surface area contributed by atoms with Crippen LogP contribution in [0.2, 0.25) is 0 Å². The summed E-state index contributed by atoms with van der Waals surface area (Å²) in [5, 5.41) is 8.00. The highest BCUT2D eigenvalue weighted by atomic mass is 127. The van der Waals surface area contributed by atoms with Crippen LogP contribution in [0.4, 0.5) is 0 Å². The zero-order valence-corrected chi connectivity index (χ0v) is 19.4. The maximum atomic E-state index is 12.0. The Bertz CT molecular complexity index is 840. The molecule has 150 valence electrons. The summed E-state index contributed by atoms with van der Waals surface area (Å²) in [5.74, 6) is 1.40. The highest BCUT2D eigenvalue weighted by Crippen LogP contribution is 2.19. The Kier molecular flexibility index (Phi) is 10.1. The first kappa shape index (κ1) is 23.7. The van der Waals surface area contributed by atoms with Crippen LogP contribution in [0, 0.1) is 6.92 Å². The first-order valence-electron chi connectivity index (χ1n) is 8.07. The number of nitrogens with zero attached hydrogens (tertiary/aromatic N) is 1. The Morgan fingerprint density at radius 3 is 2.63 bits per heavy atom. The zero-order chi connectivity index (χ0) is 19.0. The molecule has 10 heteroatoms. The molecule has 0 aliphatic carbocycles. The molecule has 1 aromatic heterocycles. The van der Waals surface area contributed by atoms with E-state index in [9.17, 15) is 8.42 Å². The topological polar surface area (TPSA) is 91.8 Å². The van der Waals surface area contributed by atoms with Crippen LogP contribution in [0.5, 0.6) is 5.75 Å². The van der Waals surface area contributed by atoms with Crippen molar-refractivity contribution < 1.29 is 13.2 Å². The molecule has 0 radical (unpaired) electrons. The summed E-state index contributed by atoms with van der Waals surface area (Å²) in [6.07, 6.45) is 0. The predicted octanol–water partition coefficient (Wildman–Crippen LogP) is 2.33. The number of nitrogens with one attached hydrogen (secondary N) is 3. The molecule has 1 heterocycles. The first-order valence-corrected chi connectivity index (χ1v) is 10.4. The molecule has 0 unspecified atom stereocenters. The molecule has 1 aromatic carbocycles. The van der Waals surface area contributed by atoms with Gasteiger partial charge in [0.2, 0.25) is 10.0 Å². The van der Waals surface area contributed by atoms with E-state index in [-0.39, 0.29) is 30.5 Å². The third kappa shape index (κ3) is 7.28. The fourth-order valence-electron chi connectivity index (χ4n) is 2.25. The van der Waals surface area contributed by atoms with Crippen LogP contribution in [0.15, 0.2) is 44.9 Å². The summed E-state index contributed by atoms with van der Waals surface area (Å²) in [5.41, 5.74) is 2.14. The number of guanidine groups is 1. The van der Waals surface area contributed by atoms with Crippen molar-refractivity contribution in [2.24, 2.45) is 4.99 Å². The summed E-state index contributed by atoms with van der Waals surface area (Å²) in [4.78, 5) is 4.14. The second-order valence-electron chi connectivity index (χ2n) is 5.50. The lowest BCUT2D eigenvalue weighted by Crippen LogP contribution is -2.41. The number of ether oxygens (including phenoxy) is 1. The average Bonchev–Trinajstić information content (AvgIpc) is 3.17. The van der Waals surface area contributed by atoms with Gasteiger partial charge in [-0.2, -0.15) is 0 Å². The molecule has 0 atom stereocenters. The van der Waals surface area contributed by atoms with Gasteiger partial charge in [-0.3, -0.25) is 4.99 Å². The Hall–Kier alpha value is -1.37. The van der Waals surface area contributed by atoms with Crippen LogP contribution in [0.25, 0.3) is 0 Å². The summed E-state index contributed by atoms with van der Waals surface area (Å²) in [6, 6.07) is 9.30. The molecule has 2 aromatic rings. The van der Waals surface area contributed by atoms with Gasteiger partial charge >= 0.3 is 0 Å². The third-order valence-corrected chi connectivity index (χ3v) is 6.44. The molecule has 0 saturated heterocycles. The van der Waals surface area contributed by atoms with E-state index < -0.39 is 10.0 Å². The minimum atomic E-state index is -3.44. The van der Waals surface area contributed by atoms with E-state index in [1.807, 2.05) is 25.1 Å². The molecular weight excluding hydrogens is 499 g/mol. The van der Waals surface area contributed by atoms with Crippen molar-refractivity contribution in [3.05, 3.63) is 46.8 Å². The zero-order valence-electron chi connectivity index (χ0n) is 15.5. The van der Waals surface area contributed by atoms with Crippen molar-refractivity contribution >= 4 is 51.3 Å². The number of rotatable bonds is 8.